The van der Waals surface area contributed by atoms with Crippen LogP contribution in [0.2, 0.25) is 0 Å². The molecule has 0 aliphatic carbocycles. The maximum absolute atomic E-state index is 13.0. The van der Waals surface area contributed by atoms with Crippen LogP contribution < -0.4 is 9.73 Å². The summed E-state index contributed by atoms with van der Waals surface area (Å²) >= 11 is 0. The molecule has 0 spiro atoms. The van der Waals surface area contributed by atoms with Crippen LogP contribution in [0, 0.1) is 5.82 Å². The molecule has 1 amide bonds. The molecule has 1 aliphatic heterocycles. The third-order valence-corrected chi connectivity index (χ3v) is 6.38. The highest BCUT2D eigenvalue weighted by Crippen LogP contribution is 2.41. The minimum atomic E-state index is -3.81. The summed E-state index contributed by atoms with van der Waals surface area (Å²) in [7, 11) is -3.81. The second kappa shape index (κ2) is 6.72. The predicted molar refractivity (Wildman–Crippen MR) is 105 cm³/mol. The van der Waals surface area contributed by atoms with Gasteiger partial charge in [-0.25, -0.2) is 18.2 Å². The number of hydrogen-bond donors (Lipinski definition) is 1. The van der Waals surface area contributed by atoms with E-state index < -0.39 is 22.5 Å². The van der Waals surface area contributed by atoms with Crippen molar-refractivity contribution in [2.75, 3.05) is 10.8 Å². The SMILES string of the molecule is C/C(=N/NC(=O)CN1c2cccc3cccc(c23)S1(=O)=O)c1ccc(F)cc1. The Hall–Kier alpha value is -3.26. The van der Waals surface area contributed by atoms with Gasteiger partial charge in [-0.2, -0.15) is 5.10 Å². The van der Waals surface area contributed by atoms with Gasteiger partial charge in [-0.05, 0) is 42.1 Å². The molecule has 1 heterocycles. The Kier molecular flexibility index (Phi) is 4.35. The van der Waals surface area contributed by atoms with Gasteiger partial charge in [0.15, 0.2) is 0 Å². The Bertz CT molecular complexity index is 1220. The van der Waals surface area contributed by atoms with Crippen molar-refractivity contribution < 1.29 is 17.6 Å². The summed E-state index contributed by atoms with van der Waals surface area (Å²) in [6, 6.07) is 16.0. The molecule has 0 atom stereocenters. The van der Waals surface area contributed by atoms with Crippen molar-refractivity contribution in [3.05, 3.63) is 72.0 Å². The molecule has 4 rings (SSSR count). The van der Waals surface area contributed by atoms with Gasteiger partial charge in [-0.15, -0.1) is 0 Å². The number of carbonyl (C=O) groups is 1. The lowest BCUT2D eigenvalue weighted by Crippen LogP contribution is -2.37. The summed E-state index contributed by atoms with van der Waals surface area (Å²) in [5.74, 6) is -0.941. The van der Waals surface area contributed by atoms with Crippen LogP contribution in [0.5, 0.6) is 0 Å². The number of hydrazone groups is 1. The van der Waals surface area contributed by atoms with Crippen molar-refractivity contribution in [1.29, 1.82) is 0 Å². The monoisotopic (exact) mass is 397 g/mol. The number of hydrogen-bond acceptors (Lipinski definition) is 4. The van der Waals surface area contributed by atoms with Crippen LogP contribution in [0.15, 0.2) is 70.7 Å². The van der Waals surface area contributed by atoms with Crippen molar-refractivity contribution in [2.24, 2.45) is 5.10 Å². The third kappa shape index (κ3) is 3.01. The van der Waals surface area contributed by atoms with Gasteiger partial charge in [0.25, 0.3) is 15.9 Å². The van der Waals surface area contributed by atoms with Crippen molar-refractivity contribution in [2.45, 2.75) is 11.8 Å². The van der Waals surface area contributed by atoms with Crippen molar-refractivity contribution in [3.63, 3.8) is 0 Å². The smallest absolute Gasteiger partial charge is 0.265 e. The summed E-state index contributed by atoms with van der Waals surface area (Å²) in [5, 5.41) is 5.40. The lowest BCUT2D eigenvalue weighted by atomic mass is 10.1. The summed E-state index contributed by atoms with van der Waals surface area (Å²) < 4.78 is 39.8. The molecule has 6 nitrogen and oxygen atoms in total. The number of sulfonamides is 1. The third-order valence-electron chi connectivity index (χ3n) is 4.58. The number of benzene rings is 3. The number of amides is 1. The molecule has 0 unspecified atom stereocenters. The van der Waals surface area contributed by atoms with Gasteiger partial charge in [0.1, 0.15) is 12.4 Å². The lowest BCUT2D eigenvalue weighted by molar-refractivity contribution is -0.119. The van der Waals surface area contributed by atoms with Gasteiger partial charge in [0.05, 0.1) is 16.3 Å². The highest BCUT2D eigenvalue weighted by Gasteiger charge is 2.36. The fraction of sp³-hybridized carbons (Fsp3) is 0.100. The quantitative estimate of drug-likeness (QED) is 0.543. The highest BCUT2D eigenvalue weighted by molar-refractivity contribution is 7.93. The Morgan fingerprint density at radius 2 is 1.75 bits per heavy atom. The van der Waals surface area contributed by atoms with E-state index in [-0.39, 0.29) is 10.7 Å². The van der Waals surface area contributed by atoms with Gasteiger partial charge < -0.3 is 0 Å². The summed E-state index contributed by atoms with van der Waals surface area (Å²) in [6.07, 6.45) is 0. The zero-order chi connectivity index (χ0) is 19.9. The Labute approximate surface area is 161 Å². The van der Waals surface area contributed by atoms with E-state index >= 15 is 0 Å². The normalized spacial score (nSPS) is 15.1. The van der Waals surface area contributed by atoms with Crippen molar-refractivity contribution in [1.82, 2.24) is 5.43 Å². The number of carbonyl (C=O) groups excluding carboxylic acids is 1. The van der Waals surface area contributed by atoms with Crippen LogP contribution in [-0.4, -0.2) is 26.6 Å². The largest absolute Gasteiger partial charge is 0.271 e. The summed E-state index contributed by atoms with van der Waals surface area (Å²) in [5.41, 5.74) is 3.96. The van der Waals surface area contributed by atoms with Gasteiger partial charge in [-0.3, -0.25) is 9.10 Å². The van der Waals surface area contributed by atoms with Gasteiger partial charge in [0, 0.05) is 5.39 Å². The Balaban J connectivity index is 1.56. The maximum Gasteiger partial charge on any atom is 0.265 e. The molecule has 0 radical (unpaired) electrons. The topological polar surface area (TPSA) is 78.8 Å². The molecule has 8 heteroatoms. The van der Waals surface area contributed by atoms with E-state index in [2.05, 4.69) is 10.5 Å². The molecule has 0 saturated heterocycles. The molecule has 28 heavy (non-hydrogen) atoms. The predicted octanol–water partition coefficient (Wildman–Crippen LogP) is 3.03. The summed E-state index contributed by atoms with van der Waals surface area (Å²) in [4.78, 5) is 12.6. The second-order valence-corrected chi connectivity index (χ2v) is 8.21. The molecule has 3 aromatic carbocycles. The van der Waals surface area contributed by atoms with Crippen LogP contribution >= 0.6 is 0 Å². The molecule has 0 aromatic heterocycles. The van der Waals surface area contributed by atoms with E-state index in [1.807, 2.05) is 12.1 Å². The second-order valence-electron chi connectivity index (χ2n) is 6.38. The first-order chi connectivity index (χ1) is 13.4. The van der Waals surface area contributed by atoms with E-state index in [0.29, 0.717) is 22.3 Å². The van der Waals surface area contributed by atoms with Gasteiger partial charge in [0.2, 0.25) is 0 Å². The number of nitrogens with one attached hydrogen (secondary N) is 1. The Morgan fingerprint density at radius 3 is 2.46 bits per heavy atom. The van der Waals surface area contributed by atoms with E-state index in [1.54, 1.807) is 37.3 Å². The van der Waals surface area contributed by atoms with Crippen molar-refractivity contribution >= 4 is 38.1 Å². The minimum Gasteiger partial charge on any atom is -0.271 e. The zero-order valence-electron chi connectivity index (χ0n) is 14.9. The first kappa shape index (κ1) is 18.1. The highest BCUT2D eigenvalue weighted by atomic mass is 32.2. The van der Waals surface area contributed by atoms with Crippen LogP contribution in [0.3, 0.4) is 0 Å². The van der Waals surface area contributed by atoms with E-state index in [9.17, 15) is 17.6 Å². The summed E-state index contributed by atoms with van der Waals surface area (Å²) in [6.45, 7) is 1.27. The maximum atomic E-state index is 13.0. The molecule has 3 aromatic rings. The first-order valence-corrected chi connectivity index (χ1v) is 9.95. The van der Waals surface area contributed by atoms with E-state index in [0.717, 1.165) is 9.69 Å². The number of rotatable bonds is 4. The number of nitrogens with zero attached hydrogens (tertiary/aromatic N) is 2. The van der Waals surface area contributed by atoms with Gasteiger partial charge in [-0.1, -0.05) is 36.4 Å². The average Bonchev–Trinajstić information content (AvgIpc) is 2.90. The molecule has 142 valence electrons. The molecule has 0 bridgehead atoms. The average molecular weight is 397 g/mol. The van der Waals surface area contributed by atoms with Crippen LogP contribution in [0.25, 0.3) is 10.8 Å². The molecular formula is C20H16FN3O3S. The Morgan fingerprint density at radius 1 is 1.07 bits per heavy atom. The number of anilines is 1. The van der Waals surface area contributed by atoms with E-state index in [1.165, 1.54) is 18.2 Å². The van der Waals surface area contributed by atoms with Crippen molar-refractivity contribution in [3.8, 4) is 0 Å². The molecular weight excluding hydrogens is 381 g/mol. The standard InChI is InChI=1S/C20H16FN3O3S/c1-13(14-8-10-16(21)11-9-14)22-23-19(25)12-24-17-6-2-4-15-5-3-7-18(20(15)17)28(24,26)27/h2-11H,12H2,1H3,(H,23,25)/b22-13-. The fourth-order valence-corrected chi connectivity index (χ4v) is 4.86. The lowest BCUT2D eigenvalue weighted by Gasteiger charge is -2.17. The zero-order valence-corrected chi connectivity index (χ0v) is 15.7. The first-order valence-electron chi connectivity index (χ1n) is 8.51. The van der Waals surface area contributed by atoms with Crippen LogP contribution in [0.4, 0.5) is 10.1 Å². The molecule has 1 N–H and O–H groups in total. The van der Waals surface area contributed by atoms with Crippen LogP contribution in [-0.2, 0) is 14.8 Å². The minimum absolute atomic E-state index is 0.194. The van der Waals surface area contributed by atoms with Crippen LogP contribution in [0.1, 0.15) is 12.5 Å². The number of halogens is 1. The molecule has 0 saturated carbocycles. The van der Waals surface area contributed by atoms with E-state index in [4.69, 9.17) is 0 Å². The fourth-order valence-electron chi connectivity index (χ4n) is 3.20. The van der Waals surface area contributed by atoms with Gasteiger partial charge >= 0.3 is 0 Å². The molecule has 1 aliphatic rings. The molecule has 0 fully saturated rings.